The third-order valence-corrected chi connectivity index (χ3v) is 8.74. The van der Waals surface area contributed by atoms with E-state index in [1.807, 2.05) is 0 Å². The molecule has 1 aliphatic carbocycles. The lowest BCUT2D eigenvalue weighted by molar-refractivity contribution is 0.849. The molecular formula is C17H24Si. The van der Waals surface area contributed by atoms with Crippen LogP contribution in [-0.2, 0) is 0 Å². The van der Waals surface area contributed by atoms with Crippen molar-refractivity contribution in [1.82, 2.24) is 0 Å². The van der Waals surface area contributed by atoms with E-state index in [1.54, 1.807) is 21.5 Å². The summed E-state index contributed by atoms with van der Waals surface area (Å²) in [5.41, 5.74) is 4.65. The van der Waals surface area contributed by atoms with Crippen molar-refractivity contribution in [2.45, 2.75) is 40.8 Å². The molecule has 18 heavy (non-hydrogen) atoms. The SMILES string of the molecule is CC1=C(C)C(C)C([Si](C)(C)c2ccccc2)=C1C. The van der Waals surface area contributed by atoms with Crippen molar-refractivity contribution >= 4 is 13.3 Å². The summed E-state index contributed by atoms with van der Waals surface area (Å²) in [4.78, 5) is 0. The maximum Gasteiger partial charge on any atom is 0.108 e. The van der Waals surface area contributed by atoms with E-state index in [0.717, 1.165) is 0 Å². The summed E-state index contributed by atoms with van der Waals surface area (Å²) < 4.78 is 0. The fraction of sp³-hybridized carbons (Fsp3) is 0.412. The minimum atomic E-state index is -1.52. The van der Waals surface area contributed by atoms with Crippen LogP contribution in [0.2, 0.25) is 13.1 Å². The first kappa shape index (κ1) is 13.4. The maximum absolute atomic E-state index is 2.49. The van der Waals surface area contributed by atoms with E-state index in [2.05, 4.69) is 71.1 Å². The van der Waals surface area contributed by atoms with Gasteiger partial charge in [0.2, 0.25) is 0 Å². The van der Waals surface area contributed by atoms with E-state index in [4.69, 9.17) is 0 Å². The predicted octanol–water partition coefficient (Wildman–Crippen LogP) is 4.44. The topological polar surface area (TPSA) is 0 Å². The lowest BCUT2D eigenvalue weighted by Crippen LogP contribution is -2.45. The molecule has 96 valence electrons. The second-order valence-corrected chi connectivity index (χ2v) is 10.4. The summed E-state index contributed by atoms with van der Waals surface area (Å²) in [6.07, 6.45) is 0. The molecule has 0 nitrogen and oxygen atoms in total. The molecule has 0 fully saturated rings. The van der Waals surface area contributed by atoms with Gasteiger partial charge in [-0.25, -0.2) is 0 Å². The third-order valence-electron chi connectivity index (χ3n) is 4.81. The Morgan fingerprint density at radius 3 is 1.89 bits per heavy atom. The van der Waals surface area contributed by atoms with Crippen LogP contribution in [0.3, 0.4) is 0 Å². The average Bonchev–Trinajstić information content (AvgIpc) is 2.55. The summed E-state index contributed by atoms with van der Waals surface area (Å²) >= 11 is 0. The van der Waals surface area contributed by atoms with Gasteiger partial charge in [0.15, 0.2) is 0 Å². The fourth-order valence-corrected chi connectivity index (χ4v) is 7.14. The van der Waals surface area contributed by atoms with Crippen LogP contribution in [-0.4, -0.2) is 8.07 Å². The second-order valence-electron chi connectivity index (χ2n) is 6.06. The van der Waals surface area contributed by atoms with Gasteiger partial charge < -0.3 is 0 Å². The van der Waals surface area contributed by atoms with Gasteiger partial charge in [0.25, 0.3) is 0 Å². The van der Waals surface area contributed by atoms with Crippen LogP contribution < -0.4 is 5.19 Å². The van der Waals surface area contributed by atoms with Crippen LogP contribution in [0.1, 0.15) is 27.7 Å². The Bertz CT molecular complexity index is 518. The van der Waals surface area contributed by atoms with E-state index in [0.29, 0.717) is 5.92 Å². The van der Waals surface area contributed by atoms with E-state index in [-0.39, 0.29) is 0 Å². The van der Waals surface area contributed by atoms with Crippen molar-refractivity contribution in [3.8, 4) is 0 Å². The zero-order valence-electron chi connectivity index (χ0n) is 12.5. The predicted molar refractivity (Wildman–Crippen MR) is 83.8 cm³/mol. The third kappa shape index (κ3) is 1.91. The molecule has 0 saturated carbocycles. The molecule has 0 aliphatic heterocycles. The normalized spacial score (nSPS) is 20.9. The number of hydrogen-bond acceptors (Lipinski definition) is 0. The van der Waals surface area contributed by atoms with Gasteiger partial charge in [-0.1, -0.05) is 71.9 Å². The Labute approximate surface area is 112 Å². The molecule has 1 unspecified atom stereocenters. The van der Waals surface area contributed by atoms with Gasteiger partial charge in [0.05, 0.1) is 0 Å². The Morgan fingerprint density at radius 1 is 0.889 bits per heavy atom. The van der Waals surface area contributed by atoms with Crippen LogP contribution in [0.4, 0.5) is 0 Å². The quantitative estimate of drug-likeness (QED) is 0.686. The van der Waals surface area contributed by atoms with Gasteiger partial charge in [0.1, 0.15) is 8.07 Å². The largest absolute Gasteiger partial charge is 0.108 e. The van der Waals surface area contributed by atoms with E-state index in [1.165, 1.54) is 5.57 Å². The summed E-state index contributed by atoms with van der Waals surface area (Å²) in [6, 6.07) is 11.1. The van der Waals surface area contributed by atoms with Gasteiger partial charge in [0, 0.05) is 0 Å². The fourth-order valence-electron chi connectivity index (χ4n) is 3.38. The Kier molecular flexibility index (Phi) is 3.37. The van der Waals surface area contributed by atoms with Crippen molar-refractivity contribution < 1.29 is 0 Å². The molecule has 2 rings (SSSR count). The van der Waals surface area contributed by atoms with Crippen molar-refractivity contribution in [2.24, 2.45) is 5.92 Å². The highest BCUT2D eigenvalue weighted by atomic mass is 28.3. The van der Waals surface area contributed by atoms with Gasteiger partial charge in [-0.05, 0) is 32.3 Å². The molecule has 1 aliphatic rings. The molecule has 1 aromatic carbocycles. The van der Waals surface area contributed by atoms with Crippen LogP contribution >= 0.6 is 0 Å². The first-order valence-corrected chi connectivity index (χ1v) is 9.82. The molecule has 0 bridgehead atoms. The van der Waals surface area contributed by atoms with Crippen molar-refractivity contribution in [3.05, 3.63) is 52.2 Å². The zero-order valence-corrected chi connectivity index (χ0v) is 13.5. The minimum Gasteiger partial charge on any atom is -0.0662 e. The molecular weight excluding hydrogens is 232 g/mol. The van der Waals surface area contributed by atoms with Gasteiger partial charge in [-0.15, -0.1) is 0 Å². The molecule has 0 amide bonds. The van der Waals surface area contributed by atoms with Gasteiger partial charge in [-0.2, -0.15) is 0 Å². The second kappa shape index (κ2) is 4.54. The number of benzene rings is 1. The van der Waals surface area contributed by atoms with Crippen LogP contribution in [0, 0.1) is 5.92 Å². The zero-order chi connectivity index (χ0) is 13.5. The number of rotatable bonds is 2. The average molecular weight is 256 g/mol. The Morgan fingerprint density at radius 2 is 1.44 bits per heavy atom. The van der Waals surface area contributed by atoms with E-state index in [9.17, 15) is 0 Å². The van der Waals surface area contributed by atoms with Crippen LogP contribution in [0.5, 0.6) is 0 Å². The molecule has 1 atom stereocenters. The van der Waals surface area contributed by atoms with Gasteiger partial charge >= 0.3 is 0 Å². The molecule has 0 aromatic heterocycles. The van der Waals surface area contributed by atoms with Crippen molar-refractivity contribution in [1.29, 1.82) is 0 Å². The molecule has 0 saturated heterocycles. The monoisotopic (exact) mass is 256 g/mol. The van der Waals surface area contributed by atoms with Crippen molar-refractivity contribution in [2.75, 3.05) is 0 Å². The highest BCUT2D eigenvalue weighted by Crippen LogP contribution is 2.40. The lowest BCUT2D eigenvalue weighted by Gasteiger charge is -2.30. The minimum absolute atomic E-state index is 0.631. The van der Waals surface area contributed by atoms with E-state index >= 15 is 0 Å². The summed E-state index contributed by atoms with van der Waals surface area (Å²) in [7, 11) is -1.52. The molecule has 1 aromatic rings. The lowest BCUT2D eigenvalue weighted by atomic mass is 10.1. The van der Waals surface area contributed by atoms with E-state index < -0.39 is 8.07 Å². The summed E-state index contributed by atoms with van der Waals surface area (Å²) in [5, 5.41) is 3.28. The first-order valence-electron chi connectivity index (χ1n) is 6.82. The van der Waals surface area contributed by atoms with Crippen LogP contribution in [0.15, 0.2) is 52.2 Å². The maximum atomic E-state index is 2.49. The summed E-state index contributed by atoms with van der Waals surface area (Å²) in [6.45, 7) is 14.3. The number of hydrogen-bond donors (Lipinski definition) is 0. The first-order chi connectivity index (χ1) is 8.37. The van der Waals surface area contributed by atoms with Gasteiger partial charge in [-0.3, -0.25) is 0 Å². The molecule has 0 spiro atoms. The highest BCUT2D eigenvalue weighted by Gasteiger charge is 2.37. The smallest absolute Gasteiger partial charge is 0.0662 e. The molecule has 0 heterocycles. The standard InChI is InChI=1S/C17H24Si/c1-12-13(2)15(4)17(14(12)3)18(5,6)16-10-8-7-9-11-16/h7-11,14H,1-6H3. The van der Waals surface area contributed by atoms with Crippen molar-refractivity contribution in [3.63, 3.8) is 0 Å². The summed E-state index contributed by atoms with van der Waals surface area (Å²) in [5.74, 6) is 0.631. The Hall–Kier alpha value is -1.08. The van der Waals surface area contributed by atoms with Crippen LogP contribution in [0.25, 0.3) is 0 Å². The highest BCUT2D eigenvalue weighted by molar-refractivity contribution is 6.96. The molecule has 0 N–H and O–H groups in total. The number of allylic oxidation sites excluding steroid dienone is 4. The molecule has 1 heteroatoms. The Balaban J connectivity index is 2.51. The molecule has 0 radical (unpaired) electrons.